The SMILES string of the molecule is FC(F)(F)c1ncccc1-c1nnc(C2CCCNC2)s1. The van der Waals surface area contributed by atoms with Crippen molar-refractivity contribution < 1.29 is 13.2 Å². The van der Waals surface area contributed by atoms with Gasteiger partial charge >= 0.3 is 6.18 Å². The Morgan fingerprint density at radius 2 is 2.14 bits per heavy atom. The highest BCUT2D eigenvalue weighted by Gasteiger charge is 2.36. The second-order valence-corrected chi connectivity index (χ2v) is 5.90. The lowest BCUT2D eigenvalue weighted by Crippen LogP contribution is -2.28. The Morgan fingerprint density at radius 3 is 2.86 bits per heavy atom. The summed E-state index contributed by atoms with van der Waals surface area (Å²) in [6, 6.07) is 2.87. The lowest BCUT2D eigenvalue weighted by Gasteiger charge is -2.19. The van der Waals surface area contributed by atoms with Gasteiger partial charge in [-0.1, -0.05) is 11.3 Å². The molecule has 4 nitrogen and oxygen atoms in total. The summed E-state index contributed by atoms with van der Waals surface area (Å²) in [6.07, 6.45) is -1.32. The van der Waals surface area contributed by atoms with E-state index in [0.29, 0.717) is 0 Å². The predicted octanol–water partition coefficient (Wildman–Crippen LogP) is 3.09. The molecule has 0 spiro atoms. The molecule has 8 heteroatoms. The van der Waals surface area contributed by atoms with Crippen LogP contribution in [0.1, 0.15) is 29.5 Å². The van der Waals surface area contributed by atoms with E-state index in [0.717, 1.165) is 37.1 Å². The zero-order chi connectivity index (χ0) is 14.9. The summed E-state index contributed by atoms with van der Waals surface area (Å²) < 4.78 is 38.9. The van der Waals surface area contributed by atoms with Crippen LogP contribution in [0.2, 0.25) is 0 Å². The van der Waals surface area contributed by atoms with Crippen LogP contribution in [0.15, 0.2) is 18.3 Å². The van der Waals surface area contributed by atoms with Crippen LogP contribution in [0.4, 0.5) is 13.2 Å². The van der Waals surface area contributed by atoms with Gasteiger partial charge in [0.25, 0.3) is 0 Å². The van der Waals surface area contributed by atoms with E-state index in [1.807, 2.05) is 0 Å². The molecule has 3 rings (SSSR count). The zero-order valence-electron chi connectivity index (χ0n) is 11.0. The second-order valence-electron chi connectivity index (χ2n) is 4.89. The van der Waals surface area contributed by atoms with Gasteiger partial charge in [0.15, 0.2) is 5.69 Å². The van der Waals surface area contributed by atoms with Gasteiger partial charge in [0.1, 0.15) is 10.0 Å². The molecule has 21 heavy (non-hydrogen) atoms. The number of hydrogen-bond donors (Lipinski definition) is 1. The standard InChI is InChI=1S/C13H13F3N4S/c14-13(15,16)10-9(4-2-6-18-10)12-20-19-11(21-12)8-3-1-5-17-7-8/h2,4,6,8,17H,1,3,5,7H2. The molecule has 1 N–H and O–H groups in total. The summed E-state index contributed by atoms with van der Waals surface area (Å²) in [5, 5.41) is 12.3. The van der Waals surface area contributed by atoms with E-state index in [9.17, 15) is 13.2 Å². The van der Waals surface area contributed by atoms with E-state index in [1.165, 1.54) is 23.5 Å². The van der Waals surface area contributed by atoms with Crippen LogP contribution in [0.3, 0.4) is 0 Å². The van der Waals surface area contributed by atoms with Crippen molar-refractivity contribution in [3.05, 3.63) is 29.0 Å². The fourth-order valence-corrected chi connectivity index (χ4v) is 3.38. The molecule has 1 fully saturated rings. The number of piperidine rings is 1. The van der Waals surface area contributed by atoms with Gasteiger partial charge in [-0.15, -0.1) is 10.2 Å². The summed E-state index contributed by atoms with van der Waals surface area (Å²) in [5.41, 5.74) is -0.910. The van der Waals surface area contributed by atoms with Gasteiger partial charge in [0.05, 0.1) is 0 Å². The summed E-state index contributed by atoms with van der Waals surface area (Å²) in [4.78, 5) is 3.45. The molecule has 2 aromatic rings. The first-order valence-corrected chi connectivity index (χ1v) is 7.44. The van der Waals surface area contributed by atoms with E-state index < -0.39 is 11.9 Å². The molecular formula is C13H13F3N4S. The quantitative estimate of drug-likeness (QED) is 0.925. The summed E-state index contributed by atoms with van der Waals surface area (Å²) in [5.74, 6) is 0.232. The predicted molar refractivity (Wildman–Crippen MR) is 73.0 cm³/mol. The van der Waals surface area contributed by atoms with Crippen LogP contribution in [0, 0.1) is 0 Å². The Bertz CT molecular complexity index is 620. The third-order valence-corrected chi connectivity index (χ3v) is 4.51. The van der Waals surface area contributed by atoms with E-state index in [-0.39, 0.29) is 16.5 Å². The lowest BCUT2D eigenvalue weighted by molar-refractivity contribution is -0.140. The number of alkyl halides is 3. The molecule has 1 aliphatic rings. The summed E-state index contributed by atoms with van der Waals surface area (Å²) in [6.45, 7) is 1.77. The molecule has 0 aliphatic carbocycles. The number of rotatable bonds is 2. The third kappa shape index (κ3) is 3.06. The van der Waals surface area contributed by atoms with Gasteiger partial charge in [-0.05, 0) is 31.5 Å². The van der Waals surface area contributed by atoms with Crippen molar-refractivity contribution in [3.63, 3.8) is 0 Å². The van der Waals surface area contributed by atoms with Crippen molar-refractivity contribution in [1.82, 2.24) is 20.5 Å². The molecule has 0 aromatic carbocycles. The summed E-state index contributed by atoms with van der Waals surface area (Å²) in [7, 11) is 0. The lowest BCUT2D eigenvalue weighted by atomic mass is 10.0. The van der Waals surface area contributed by atoms with Gasteiger partial charge < -0.3 is 5.32 Å². The second kappa shape index (κ2) is 5.69. The van der Waals surface area contributed by atoms with E-state index in [1.54, 1.807) is 0 Å². The van der Waals surface area contributed by atoms with Crippen LogP contribution >= 0.6 is 11.3 Å². The van der Waals surface area contributed by atoms with Gasteiger partial charge in [0.2, 0.25) is 0 Å². The monoisotopic (exact) mass is 314 g/mol. The molecule has 1 aliphatic heterocycles. The first-order chi connectivity index (χ1) is 10.1. The highest BCUT2D eigenvalue weighted by atomic mass is 32.1. The fourth-order valence-electron chi connectivity index (χ4n) is 2.37. The molecule has 1 saturated heterocycles. The molecule has 0 saturated carbocycles. The maximum absolute atomic E-state index is 13.0. The number of pyridine rings is 1. The molecule has 0 bridgehead atoms. The first kappa shape index (κ1) is 14.4. The van der Waals surface area contributed by atoms with Crippen molar-refractivity contribution in [2.24, 2.45) is 0 Å². The Morgan fingerprint density at radius 1 is 1.29 bits per heavy atom. The molecule has 0 radical (unpaired) electrons. The maximum Gasteiger partial charge on any atom is 0.434 e. The number of nitrogens with one attached hydrogen (secondary N) is 1. The van der Waals surface area contributed by atoms with Crippen molar-refractivity contribution in [1.29, 1.82) is 0 Å². The average molecular weight is 314 g/mol. The average Bonchev–Trinajstić information content (AvgIpc) is 2.97. The van der Waals surface area contributed by atoms with E-state index >= 15 is 0 Å². The minimum absolute atomic E-state index is 0.00230. The van der Waals surface area contributed by atoms with Crippen LogP contribution in [-0.4, -0.2) is 28.3 Å². The van der Waals surface area contributed by atoms with Crippen LogP contribution in [0.25, 0.3) is 10.6 Å². The minimum atomic E-state index is -4.49. The molecule has 112 valence electrons. The Balaban J connectivity index is 1.93. The molecule has 2 aromatic heterocycles. The molecule has 3 heterocycles. The van der Waals surface area contributed by atoms with Gasteiger partial charge in [-0.3, -0.25) is 4.98 Å². The number of aromatic nitrogens is 3. The topological polar surface area (TPSA) is 50.7 Å². The van der Waals surface area contributed by atoms with Crippen molar-refractivity contribution >= 4 is 11.3 Å². The summed E-state index contributed by atoms with van der Waals surface area (Å²) >= 11 is 1.22. The Labute approximate surface area is 123 Å². The largest absolute Gasteiger partial charge is 0.434 e. The molecular weight excluding hydrogens is 301 g/mol. The van der Waals surface area contributed by atoms with Crippen molar-refractivity contribution in [2.75, 3.05) is 13.1 Å². The van der Waals surface area contributed by atoms with Gasteiger partial charge in [-0.25, -0.2) is 0 Å². The maximum atomic E-state index is 13.0. The fraction of sp³-hybridized carbons (Fsp3) is 0.462. The number of hydrogen-bond acceptors (Lipinski definition) is 5. The Kier molecular flexibility index (Phi) is 3.90. The smallest absolute Gasteiger partial charge is 0.316 e. The van der Waals surface area contributed by atoms with Crippen LogP contribution < -0.4 is 5.32 Å². The Hall–Kier alpha value is -1.54. The molecule has 0 amide bonds. The van der Waals surface area contributed by atoms with Crippen molar-refractivity contribution in [2.45, 2.75) is 24.9 Å². The highest BCUT2D eigenvalue weighted by molar-refractivity contribution is 7.14. The molecule has 1 unspecified atom stereocenters. The zero-order valence-corrected chi connectivity index (χ0v) is 11.8. The minimum Gasteiger partial charge on any atom is -0.316 e. The molecule has 1 atom stereocenters. The highest BCUT2D eigenvalue weighted by Crippen LogP contribution is 2.37. The van der Waals surface area contributed by atoms with E-state index in [2.05, 4.69) is 20.5 Å². The van der Waals surface area contributed by atoms with Gasteiger partial charge in [-0.2, -0.15) is 13.2 Å². The van der Waals surface area contributed by atoms with Crippen LogP contribution in [0.5, 0.6) is 0 Å². The van der Waals surface area contributed by atoms with Crippen molar-refractivity contribution in [3.8, 4) is 10.6 Å². The number of nitrogens with zero attached hydrogens (tertiary/aromatic N) is 3. The third-order valence-electron chi connectivity index (χ3n) is 3.39. The van der Waals surface area contributed by atoms with Crippen LogP contribution in [-0.2, 0) is 6.18 Å². The first-order valence-electron chi connectivity index (χ1n) is 6.62. The normalized spacial score (nSPS) is 19.7. The van der Waals surface area contributed by atoms with Gasteiger partial charge in [0, 0.05) is 24.2 Å². The van der Waals surface area contributed by atoms with E-state index in [4.69, 9.17) is 0 Å². The number of halogens is 3.